The number of nitrogens with zero attached hydrogens (tertiary/aromatic N) is 1. The van der Waals surface area contributed by atoms with Gasteiger partial charge in [-0.15, -0.1) is 0 Å². The minimum absolute atomic E-state index is 0.514. The molecule has 0 aromatic heterocycles. The standard InChI is InChI=1S/C10H19NOSi/c1-7-9(2)8-11-10(3)12-13(4,5)6/h7-8H,3H2,1-2,4-6H3. The Morgan fingerprint density at radius 1 is 1.38 bits per heavy atom. The van der Waals surface area contributed by atoms with Crippen LogP contribution in [-0.4, -0.2) is 14.5 Å². The first-order valence-electron chi connectivity index (χ1n) is 4.40. The maximum atomic E-state index is 5.55. The number of hydrogen-bond acceptors (Lipinski definition) is 2. The molecule has 0 saturated carbocycles. The van der Waals surface area contributed by atoms with E-state index in [9.17, 15) is 0 Å². The molecule has 3 heteroatoms. The van der Waals surface area contributed by atoms with Crippen molar-refractivity contribution in [2.24, 2.45) is 4.99 Å². The zero-order valence-corrected chi connectivity index (χ0v) is 10.2. The Balaban J connectivity index is 4.10. The first kappa shape index (κ1) is 12.2. The van der Waals surface area contributed by atoms with E-state index in [1.807, 2.05) is 19.9 Å². The van der Waals surface area contributed by atoms with Crippen molar-refractivity contribution >= 4 is 14.5 Å². The van der Waals surface area contributed by atoms with E-state index in [4.69, 9.17) is 4.43 Å². The van der Waals surface area contributed by atoms with Gasteiger partial charge in [0.25, 0.3) is 0 Å². The lowest BCUT2D eigenvalue weighted by molar-refractivity contribution is 0.421. The van der Waals surface area contributed by atoms with E-state index in [1.54, 1.807) is 6.21 Å². The summed E-state index contributed by atoms with van der Waals surface area (Å²) in [6.45, 7) is 14.0. The second kappa shape index (κ2) is 5.02. The molecule has 0 spiro atoms. The van der Waals surface area contributed by atoms with Crippen LogP contribution in [0.2, 0.25) is 19.6 Å². The monoisotopic (exact) mass is 197 g/mol. The van der Waals surface area contributed by atoms with Crippen molar-refractivity contribution in [3.63, 3.8) is 0 Å². The fraction of sp³-hybridized carbons (Fsp3) is 0.500. The van der Waals surface area contributed by atoms with Crippen LogP contribution in [0.15, 0.2) is 29.1 Å². The van der Waals surface area contributed by atoms with E-state index in [-0.39, 0.29) is 0 Å². The summed E-state index contributed by atoms with van der Waals surface area (Å²) in [5.41, 5.74) is 1.11. The molecule has 74 valence electrons. The zero-order valence-electron chi connectivity index (χ0n) is 9.22. The third-order valence-electron chi connectivity index (χ3n) is 1.29. The van der Waals surface area contributed by atoms with Gasteiger partial charge in [-0.1, -0.05) is 6.08 Å². The second-order valence-electron chi connectivity index (χ2n) is 3.90. The fourth-order valence-corrected chi connectivity index (χ4v) is 1.39. The Hall–Kier alpha value is -0.833. The molecule has 2 nitrogen and oxygen atoms in total. The van der Waals surface area contributed by atoms with Crippen LogP contribution in [0.5, 0.6) is 0 Å². The molecule has 0 rings (SSSR count). The summed E-state index contributed by atoms with van der Waals surface area (Å²) in [7, 11) is -1.54. The van der Waals surface area contributed by atoms with Crippen LogP contribution in [0.3, 0.4) is 0 Å². The van der Waals surface area contributed by atoms with Crippen LogP contribution in [0.1, 0.15) is 13.8 Å². The maximum Gasteiger partial charge on any atom is 0.244 e. The minimum atomic E-state index is -1.54. The van der Waals surface area contributed by atoms with Crippen molar-refractivity contribution in [3.8, 4) is 0 Å². The summed E-state index contributed by atoms with van der Waals surface area (Å²) in [5.74, 6) is 0.514. The molecule has 0 radical (unpaired) electrons. The van der Waals surface area contributed by atoms with Crippen LogP contribution < -0.4 is 0 Å². The summed E-state index contributed by atoms with van der Waals surface area (Å²) in [5, 5.41) is 0. The highest BCUT2D eigenvalue weighted by molar-refractivity contribution is 6.70. The van der Waals surface area contributed by atoms with Crippen LogP contribution >= 0.6 is 0 Å². The smallest absolute Gasteiger partial charge is 0.244 e. The average molecular weight is 197 g/mol. The van der Waals surface area contributed by atoms with Crippen LogP contribution in [0.4, 0.5) is 0 Å². The molecule has 0 saturated heterocycles. The molecule has 0 aliphatic carbocycles. The molecule has 0 aromatic rings. The van der Waals surface area contributed by atoms with E-state index < -0.39 is 8.32 Å². The Bertz CT molecular complexity index is 236. The lowest BCUT2D eigenvalue weighted by Crippen LogP contribution is -2.24. The van der Waals surface area contributed by atoms with E-state index in [1.165, 1.54) is 0 Å². The summed E-state index contributed by atoms with van der Waals surface area (Å²) in [6.07, 6.45) is 3.76. The van der Waals surface area contributed by atoms with E-state index >= 15 is 0 Å². The summed E-state index contributed by atoms with van der Waals surface area (Å²) in [6, 6.07) is 0. The van der Waals surface area contributed by atoms with Gasteiger partial charge in [0, 0.05) is 6.21 Å². The molecule has 0 atom stereocenters. The van der Waals surface area contributed by atoms with E-state index in [0.717, 1.165) is 5.57 Å². The third kappa shape index (κ3) is 7.53. The van der Waals surface area contributed by atoms with Gasteiger partial charge in [-0.3, -0.25) is 0 Å². The Kier molecular flexibility index (Phi) is 4.70. The van der Waals surface area contributed by atoms with Crippen molar-refractivity contribution in [1.82, 2.24) is 0 Å². The van der Waals surface area contributed by atoms with Gasteiger partial charge in [0.1, 0.15) is 0 Å². The van der Waals surface area contributed by atoms with Crippen LogP contribution in [0.25, 0.3) is 0 Å². The molecule has 0 N–H and O–H groups in total. The first-order chi connectivity index (χ1) is 5.85. The lowest BCUT2D eigenvalue weighted by Gasteiger charge is -2.17. The van der Waals surface area contributed by atoms with Gasteiger partial charge in [0.05, 0.1) is 0 Å². The van der Waals surface area contributed by atoms with Crippen molar-refractivity contribution in [3.05, 3.63) is 24.1 Å². The second-order valence-corrected chi connectivity index (χ2v) is 8.33. The highest BCUT2D eigenvalue weighted by Crippen LogP contribution is 2.09. The number of rotatable bonds is 4. The Labute approximate surface area is 82.2 Å². The highest BCUT2D eigenvalue weighted by atomic mass is 28.4. The van der Waals surface area contributed by atoms with Crippen molar-refractivity contribution in [2.45, 2.75) is 33.5 Å². The molecular weight excluding hydrogens is 178 g/mol. The third-order valence-corrected chi connectivity index (χ3v) is 2.14. The largest absolute Gasteiger partial charge is 0.532 e. The van der Waals surface area contributed by atoms with Crippen LogP contribution in [0, 0.1) is 0 Å². The number of allylic oxidation sites excluding steroid dienone is 2. The van der Waals surface area contributed by atoms with Crippen molar-refractivity contribution < 1.29 is 4.43 Å². The molecule has 0 aromatic carbocycles. The molecule has 0 amide bonds. The molecule has 0 aliphatic rings. The number of hydrogen-bond donors (Lipinski definition) is 0. The lowest BCUT2D eigenvalue weighted by atomic mass is 10.3. The fourth-order valence-electron chi connectivity index (χ4n) is 0.628. The molecule has 0 unspecified atom stereocenters. The average Bonchev–Trinajstić information content (AvgIpc) is 1.97. The highest BCUT2D eigenvalue weighted by Gasteiger charge is 2.15. The zero-order chi connectivity index (χ0) is 10.5. The molecule has 13 heavy (non-hydrogen) atoms. The van der Waals surface area contributed by atoms with Gasteiger partial charge in [-0.05, 0) is 45.6 Å². The van der Waals surface area contributed by atoms with Gasteiger partial charge in [-0.2, -0.15) is 0 Å². The minimum Gasteiger partial charge on any atom is -0.532 e. The van der Waals surface area contributed by atoms with Gasteiger partial charge < -0.3 is 4.43 Å². The Morgan fingerprint density at radius 3 is 2.31 bits per heavy atom. The van der Waals surface area contributed by atoms with Gasteiger partial charge in [-0.25, -0.2) is 4.99 Å². The Morgan fingerprint density at radius 2 is 1.92 bits per heavy atom. The van der Waals surface area contributed by atoms with E-state index in [0.29, 0.717) is 5.88 Å². The molecule has 0 bridgehead atoms. The molecular formula is C10H19NOSi. The SMILES string of the molecule is C=C(N=CC(C)=CC)O[Si](C)(C)C. The van der Waals surface area contributed by atoms with Gasteiger partial charge >= 0.3 is 0 Å². The summed E-state index contributed by atoms with van der Waals surface area (Å²) >= 11 is 0. The summed E-state index contributed by atoms with van der Waals surface area (Å²) < 4.78 is 5.55. The first-order valence-corrected chi connectivity index (χ1v) is 7.81. The predicted molar refractivity (Wildman–Crippen MR) is 61.5 cm³/mol. The quantitative estimate of drug-likeness (QED) is 0.385. The topological polar surface area (TPSA) is 21.6 Å². The molecule has 0 aliphatic heterocycles. The number of aliphatic imine (C=N–C) groups is 1. The maximum absolute atomic E-state index is 5.55. The predicted octanol–water partition coefficient (Wildman–Crippen LogP) is 3.35. The van der Waals surface area contributed by atoms with Crippen molar-refractivity contribution in [2.75, 3.05) is 0 Å². The van der Waals surface area contributed by atoms with Crippen molar-refractivity contribution in [1.29, 1.82) is 0 Å². The van der Waals surface area contributed by atoms with Gasteiger partial charge in [0.2, 0.25) is 8.32 Å². The summed E-state index contributed by atoms with van der Waals surface area (Å²) in [4.78, 5) is 4.11. The van der Waals surface area contributed by atoms with E-state index in [2.05, 4.69) is 31.2 Å². The van der Waals surface area contributed by atoms with Crippen LogP contribution in [-0.2, 0) is 4.43 Å². The molecule has 0 heterocycles. The van der Waals surface area contributed by atoms with Gasteiger partial charge in [0.15, 0.2) is 5.88 Å². The normalized spacial score (nSPS) is 13.5. The molecule has 0 fully saturated rings.